The Morgan fingerprint density at radius 2 is 1.72 bits per heavy atom. The molecule has 0 aromatic heterocycles. The minimum atomic E-state index is -0.849. The molecule has 39 heavy (non-hydrogen) atoms. The van der Waals surface area contributed by atoms with E-state index < -0.39 is 12.2 Å². The number of anilines is 2. The van der Waals surface area contributed by atoms with Gasteiger partial charge in [0.05, 0.1) is 5.71 Å². The normalized spacial score (nSPS) is 18.4. The van der Waals surface area contributed by atoms with Crippen molar-refractivity contribution in [2.45, 2.75) is 13.1 Å². The number of nitrogens with one attached hydrogen (secondary N) is 3. The second kappa shape index (κ2) is 11.9. The second-order valence-electron chi connectivity index (χ2n) is 9.77. The van der Waals surface area contributed by atoms with Gasteiger partial charge in [0.15, 0.2) is 6.17 Å². The molecule has 1 unspecified atom stereocenters. The summed E-state index contributed by atoms with van der Waals surface area (Å²) in [5.74, 6) is 0.348. The minimum absolute atomic E-state index is 0.0396. The number of para-hydroxylation sites is 1. The van der Waals surface area contributed by atoms with E-state index in [9.17, 15) is 9.59 Å². The number of fused-ring (bicyclic) bond motifs is 1. The number of hydrogen-bond acceptors (Lipinski definition) is 5. The highest BCUT2D eigenvalue weighted by Crippen LogP contribution is 2.24. The zero-order valence-corrected chi connectivity index (χ0v) is 22.2. The fourth-order valence-electron chi connectivity index (χ4n) is 4.64. The quantitative estimate of drug-likeness (QED) is 0.476. The van der Waals surface area contributed by atoms with Crippen LogP contribution in [0.3, 0.4) is 0 Å². The Bertz CT molecular complexity index is 1400. The molecule has 3 aromatic rings. The van der Waals surface area contributed by atoms with Gasteiger partial charge in [0.25, 0.3) is 0 Å². The first-order chi connectivity index (χ1) is 19.0. The van der Waals surface area contributed by atoms with Crippen molar-refractivity contribution in [2.24, 2.45) is 9.98 Å². The van der Waals surface area contributed by atoms with Gasteiger partial charge in [0, 0.05) is 48.7 Å². The van der Waals surface area contributed by atoms with Crippen molar-refractivity contribution in [1.29, 1.82) is 0 Å². The summed E-state index contributed by atoms with van der Waals surface area (Å²) in [5.41, 5.74) is 5.02. The van der Waals surface area contributed by atoms with Gasteiger partial charge in [0.1, 0.15) is 12.4 Å². The number of carbonyl (C=O) groups is 2. The number of hydrogen-bond donors (Lipinski definition) is 3. The zero-order chi connectivity index (χ0) is 27.2. The van der Waals surface area contributed by atoms with E-state index in [1.54, 1.807) is 0 Å². The molecule has 2 aliphatic heterocycles. The van der Waals surface area contributed by atoms with Crippen LogP contribution in [0.25, 0.3) is 0 Å². The highest BCUT2D eigenvalue weighted by molar-refractivity contribution is 6.20. The molecular formula is C30H33N7O2. The van der Waals surface area contributed by atoms with E-state index in [1.807, 2.05) is 90.7 Å². The van der Waals surface area contributed by atoms with Gasteiger partial charge < -0.3 is 25.8 Å². The van der Waals surface area contributed by atoms with E-state index in [0.717, 1.165) is 41.2 Å². The van der Waals surface area contributed by atoms with E-state index in [2.05, 4.69) is 32.9 Å². The van der Waals surface area contributed by atoms with Crippen molar-refractivity contribution in [3.8, 4) is 0 Å². The topological polar surface area (TPSA) is 101 Å². The highest BCUT2D eigenvalue weighted by Gasteiger charge is 2.27. The summed E-state index contributed by atoms with van der Waals surface area (Å²) >= 11 is 0. The van der Waals surface area contributed by atoms with Crippen molar-refractivity contribution < 1.29 is 9.59 Å². The Labute approximate surface area is 228 Å². The molecular weight excluding hydrogens is 490 g/mol. The number of rotatable bonds is 5. The van der Waals surface area contributed by atoms with Gasteiger partial charge in [-0.05, 0) is 37.7 Å². The molecule has 2 heterocycles. The third-order valence-corrected chi connectivity index (χ3v) is 6.79. The van der Waals surface area contributed by atoms with Gasteiger partial charge in [-0.15, -0.1) is 0 Å². The summed E-state index contributed by atoms with van der Waals surface area (Å²) in [5, 5.41) is 9.21. The fraction of sp³-hybridized carbons (Fsp3) is 0.267. The lowest BCUT2D eigenvalue weighted by Gasteiger charge is -2.32. The van der Waals surface area contributed by atoms with Gasteiger partial charge in [0.2, 0.25) is 5.91 Å². The Balaban J connectivity index is 1.47. The van der Waals surface area contributed by atoms with Crippen LogP contribution in [0, 0.1) is 6.92 Å². The molecule has 2 aliphatic rings. The van der Waals surface area contributed by atoms with Crippen molar-refractivity contribution >= 4 is 34.9 Å². The van der Waals surface area contributed by atoms with E-state index in [-0.39, 0.29) is 12.5 Å². The van der Waals surface area contributed by atoms with Crippen LogP contribution in [0.2, 0.25) is 0 Å². The highest BCUT2D eigenvalue weighted by atomic mass is 16.2. The molecule has 0 aliphatic carbocycles. The predicted octanol–water partition coefficient (Wildman–Crippen LogP) is 3.58. The molecule has 1 saturated heterocycles. The van der Waals surface area contributed by atoms with Crippen LogP contribution in [0.1, 0.15) is 16.7 Å². The number of benzene rings is 3. The van der Waals surface area contributed by atoms with Crippen LogP contribution < -0.4 is 16.0 Å². The van der Waals surface area contributed by atoms with E-state index in [0.29, 0.717) is 24.6 Å². The number of urea groups is 1. The molecule has 3 aromatic carbocycles. The van der Waals surface area contributed by atoms with Crippen LogP contribution in [0.4, 0.5) is 16.2 Å². The number of likely N-dealkylation sites (N-methyl/N-ethyl adjacent to an activating group) is 1. The summed E-state index contributed by atoms with van der Waals surface area (Å²) in [4.78, 5) is 39.8. The van der Waals surface area contributed by atoms with Gasteiger partial charge in [-0.25, -0.2) is 4.79 Å². The lowest BCUT2D eigenvalue weighted by atomic mass is 10.0. The van der Waals surface area contributed by atoms with Crippen molar-refractivity contribution in [3.05, 3.63) is 95.6 Å². The minimum Gasteiger partial charge on any atom is -0.340 e. The summed E-state index contributed by atoms with van der Waals surface area (Å²) < 4.78 is 0. The van der Waals surface area contributed by atoms with Crippen LogP contribution in [0.15, 0.2) is 88.8 Å². The molecule has 1 atom stereocenters. The van der Waals surface area contributed by atoms with Crippen LogP contribution in [0.5, 0.6) is 0 Å². The standard InChI is InChI=1S/C30H33N7O2/c1-21-9-8-12-23(19-21)32-30(39)35-29-28(31-20-26(38)37-17-15-36(2)16-18-37)33-25-14-7-6-13-24(25)27(34-29)22-10-4-3-5-11-22/h3-14,19,29H,15-18,20H2,1-2H3,(H,31,33)(H2,32,35,39). The van der Waals surface area contributed by atoms with Crippen molar-refractivity contribution in [2.75, 3.05) is 50.4 Å². The van der Waals surface area contributed by atoms with Crippen LogP contribution in [-0.4, -0.2) is 79.2 Å². The molecule has 3 amide bonds. The summed E-state index contributed by atoms with van der Waals surface area (Å²) in [7, 11) is 2.05. The number of aliphatic imine (C=N–C) groups is 2. The third-order valence-electron chi connectivity index (χ3n) is 6.79. The first-order valence-corrected chi connectivity index (χ1v) is 13.1. The summed E-state index contributed by atoms with van der Waals surface area (Å²) in [6.45, 7) is 4.95. The van der Waals surface area contributed by atoms with E-state index >= 15 is 0 Å². The van der Waals surface area contributed by atoms with Crippen molar-refractivity contribution in [3.63, 3.8) is 0 Å². The molecule has 9 heteroatoms. The molecule has 200 valence electrons. The average molecular weight is 524 g/mol. The fourth-order valence-corrected chi connectivity index (χ4v) is 4.64. The maximum absolute atomic E-state index is 13.1. The van der Waals surface area contributed by atoms with E-state index in [4.69, 9.17) is 4.99 Å². The second-order valence-corrected chi connectivity index (χ2v) is 9.77. The number of amidine groups is 1. The number of carbonyl (C=O) groups excluding carboxylic acids is 2. The van der Waals surface area contributed by atoms with Gasteiger partial charge in [-0.3, -0.25) is 14.8 Å². The molecule has 3 N–H and O–H groups in total. The van der Waals surface area contributed by atoms with Crippen LogP contribution in [-0.2, 0) is 4.79 Å². The maximum Gasteiger partial charge on any atom is 0.321 e. The summed E-state index contributed by atoms with van der Waals surface area (Å²) in [6.07, 6.45) is -0.849. The predicted molar refractivity (Wildman–Crippen MR) is 156 cm³/mol. The van der Waals surface area contributed by atoms with Gasteiger partial charge in [-0.1, -0.05) is 60.7 Å². The lowest BCUT2D eigenvalue weighted by Crippen LogP contribution is -2.48. The van der Waals surface area contributed by atoms with Crippen LogP contribution >= 0.6 is 0 Å². The Morgan fingerprint density at radius 1 is 0.974 bits per heavy atom. The average Bonchev–Trinajstić information content (AvgIpc) is 3.09. The number of nitrogens with zero attached hydrogens (tertiary/aromatic N) is 4. The zero-order valence-electron chi connectivity index (χ0n) is 22.2. The largest absolute Gasteiger partial charge is 0.340 e. The molecule has 0 bridgehead atoms. The van der Waals surface area contributed by atoms with Gasteiger partial charge >= 0.3 is 6.03 Å². The lowest BCUT2D eigenvalue weighted by molar-refractivity contribution is -0.131. The van der Waals surface area contributed by atoms with Gasteiger partial charge in [-0.2, -0.15) is 0 Å². The molecule has 5 rings (SSSR count). The van der Waals surface area contributed by atoms with E-state index in [1.165, 1.54) is 0 Å². The smallest absolute Gasteiger partial charge is 0.321 e. The molecule has 0 radical (unpaired) electrons. The molecule has 0 saturated carbocycles. The van der Waals surface area contributed by atoms with Crippen molar-refractivity contribution in [1.82, 2.24) is 15.1 Å². The molecule has 0 spiro atoms. The first kappa shape index (κ1) is 26.1. The SMILES string of the molecule is Cc1cccc(NC(=O)NC2N=C(c3ccccc3)c3ccccc3NC2=NCC(=O)N2CCN(C)CC2)c1. The third kappa shape index (κ3) is 6.50. The Kier molecular flexibility index (Phi) is 7.98. The number of benzodiazepines with no additional fused rings is 1. The monoisotopic (exact) mass is 523 g/mol. The number of amides is 3. The number of piperazine rings is 1. The Hall–Kier alpha value is -4.50. The summed E-state index contributed by atoms with van der Waals surface area (Å²) in [6, 6.07) is 24.8. The Morgan fingerprint density at radius 3 is 2.49 bits per heavy atom. The number of aryl methyl sites for hydroxylation is 1. The molecule has 1 fully saturated rings. The maximum atomic E-state index is 13.1. The molecule has 9 nitrogen and oxygen atoms in total. The first-order valence-electron chi connectivity index (χ1n) is 13.1.